The smallest absolute Gasteiger partial charge is 0.422 e. The molecule has 1 rings (SSSR count). The number of hydrogen-bond acceptors (Lipinski definition) is 4. The third-order valence-corrected chi connectivity index (χ3v) is 2.80. The largest absolute Gasteiger partial charge is 0.440 e. The molecule has 0 saturated carbocycles. The van der Waals surface area contributed by atoms with E-state index in [1.54, 1.807) is 6.08 Å². The van der Waals surface area contributed by atoms with E-state index >= 15 is 0 Å². The lowest BCUT2D eigenvalue weighted by molar-refractivity contribution is -0.162. The molecule has 21 heavy (non-hydrogen) atoms. The van der Waals surface area contributed by atoms with Crippen LogP contribution in [0, 0.1) is 0 Å². The Morgan fingerprint density at radius 1 is 1.24 bits per heavy atom. The lowest BCUT2D eigenvalue weighted by Gasteiger charge is -2.33. The predicted octanol–water partition coefficient (Wildman–Crippen LogP) is 0.605. The van der Waals surface area contributed by atoms with Crippen molar-refractivity contribution in [3.05, 3.63) is 12.7 Å². The number of nitrogens with one attached hydrogen (secondary N) is 1. The monoisotopic (exact) mass is 309 g/mol. The molecule has 120 valence electrons. The van der Waals surface area contributed by atoms with Gasteiger partial charge in [-0.2, -0.15) is 13.2 Å². The highest BCUT2D eigenvalue weighted by molar-refractivity contribution is 5.78. The Kier molecular flexibility index (Phi) is 6.47. The zero-order chi connectivity index (χ0) is 15.9. The van der Waals surface area contributed by atoms with Crippen LogP contribution in [0.1, 0.15) is 0 Å². The SMILES string of the molecule is C=CCNC(=O)CN1CCN(C(=O)OCC(F)(F)F)CC1. The molecule has 0 radical (unpaired) electrons. The van der Waals surface area contributed by atoms with Gasteiger partial charge in [-0.15, -0.1) is 6.58 Å². The second kappa shape index (κ2) is 7.87. The molecule has 0 aromatic heterocycles. The van der Waals surface area contributed by atoms with Crippen LogP contribution in [0.3, 0.4) is 0 Å². The lowest BCUT2D eigenvalue weighted by Crippen LogP contribution is -2.51. The van der Waals surface area contributed by atoms with Crippen molar-refractivity contribution in [3.8, 4) is 0 Å². The lowest BCUT2D eigenvalue weighted by atomic mass is 10.3. The van der Waals surface area contributed by atoms with Gasteiger partial charge in [0.2, 0.25) is 5.91 Å². The van der Waals surface area contributed by atoms with Crippen LogP contribution < -0.4 is 5.32 Å². The van der Waals surface area contributed by atoms with Gasteiger partial charge < -0.3 is 15.0 Å². The minimum atomic E-state index is -4.53. The average molecular weight is 309 g/mol. The quantitative estimate of drug-likeness (QED) is 0.756. The summed E-state index contributed by atoms with van der Waals surface area (Å²) in [6.45, 7) is 3.71. The molecule has 1 fully saturated rings. The number of rotatable bonds is 5. The minimum Gasteiger partial charge on any atom is -0.440 e. The standard InChI is InChI=1S/C12H18F3N3O3/c1-2-3-16-10(19)8-17-4-6-18(7-5-17)11(20)21-9-12(13,14)15/h2H,1,3-9H2,(H,16,19). The summed E-state index contributed by atoms with van der Waals surface area (Å²) in [5.74, 6) is -0.164. The predicted molar refractivity (Wildman–Crippen MR) is 68.6 cm³/mol. The van der Waals surface area contributed by atoms with E-state index in [2.05, 4.69) is 16.6 Å². The van der Waals surface area contributed by atoms with Gasteiger partial charge in [0.15, 0.2) is 6.61 Å². The van der Waals surface area contributed by atoms with Gasteiger partial charge in [-0.3, -0.25) is 9.69 Å². The molecular formula is C12H18F3N3O3. The van der Waals surface area contributed by atoms with E-state index in [4.69, 9.17) is 0 Å². The Balaban J connectivity index is 2.26. The number of amides is 2. The van der Waals surface area contributed by atoms with Crippen LogP contribution in [0.4, 0.5) is 18.0 Å². The Morgan fingerprint density at radius 2 is 1.86 bits per heavy atom. The van der Waals surface area contributed by atoms with E-state index in [0.717, 1.165) is 0 Å². The van der Waals surface area contributed by atoms with Gasteiger partial charge in [0.25, 0.3) is 0 Å². The molecule has 1 aliphatic heterocycles. The van der Waals surface area contributed by atoms with Crippen molar-refractivity contribution in [1.29, 1.82) is 0 Å². The van der Waals surface area contributed by atoms with Crippen LogP contribution in [0.15, 0.2) is 12.7 Å². The zero-order valence-corrected chi connectivity index (χ0v) is 11.5. The third-order valence-electron chi connectivity index (χ3n) is 2.80. The van der Waals surface area contributed by atoms with Gasteiger partial charge in [-0.05, 0) is 0 Å². The summed E-state index contributed by atoms with van der Waals surface area (Å²) in [5, 5.41) is 2.62. The van der Waals surface area contributed by atoms with E-state index in [1.807, 2.05) is 4.90 Å². The summed E-state index contributed by atoms with van der Waals surface area (Å²) in [6.07, 6.45) is -3.95. The summed E-state index contributed by atoms with van der Waals surface area (Å²) < 4.78 is 40.0. The molecule has 1 N–H and O–H groups in total. The molecule has 9 heteroatoms. The maximum Gasteiger partial charge on any atom is 0.422 e. The number of halogens is 3. The van der Waals surface area contributed by atoms with E-state index in [1.165, 1.54) is 4.90 Å². The number of carbonyl (C=O) groups excluding carboxylic acids is 2. The molecule has 0 spiro atoms. The molecule has 0 bridgehead atoms. The molecule has 0 aromatic carbocycles. The van der Waals surface area contributed by atoms with Crippen LogP contribution in [0.25, 0.3) is 0 Å². The maximum atomic E-state index is 11.9. The highest BCUT2D eigenvalue weighted by Gasteiger charge is 2.31. The van der Waals surface area contributed by atoms with Gasteiger partial charge in [0.05, 0.1) is 6.54 Å². The average Bonchev–Trinajstić information content (AvgIpc) is 2.42. The highest BCUT2D eigenvalue weighted by atomic mass is 19.4. The maximum absolute atomic E-state index is 11.9. The van der Waals surface area contributed by atoms with Gasteiger partial charge in [0.1, 0.15) is 0 Å². The number of carbonyl (C=O) groups is 2. The molecule has 1 aliphatic rings. The molecule has 2 amide bonds. The summed E-state index contributed by atoms with van der Waals surface area (Å²) in [4.78, 5) is 25.9. The molecular weight excluding hydrogens is 291 g/mol. The van der Waals surface area contributed by atoms with Gasteiger partial charge >= 0.3 is 12.3 Å². The van der Waals surface area contributed by atoms with Gasteiger partial charge in [0, 0.05) is 32.7 Å². The van der Waals surface area contributed by atoms with Crippen LogP contribution in [0.2, 0.25) is 0 Å². The Hall–Kier alpha value is -1.77. The molecule has 0 atom stereocenters. The van der Waals surface area contributed by atoms with Crippen LogP contribution >= 0.6 is 0 Å². The summed E-state index contributed by atoms with van der Waals surface area (Å²) in [6, 6.07) is 0. The second-order valence-electron chi connectivity index (χ2n) is 4.53. The van der Waals surface area contributed by atoms with Crippen molar-refractivity contribution in [2.75, 3.05) is 45.9 Å². The normalized spacial score (nSPS) is 16.4. The molecule has 1 heterocycles. The first-order chi connectivity index (χ1) is 9.81. The number of ether oxygens (including phenoxy) is 1. The van der Waals surface area contributed by atoms with Crippen molar-refractivity contribution in [2.24, 2.45) is 0 Å². The number of piperazine rings is 1. The summed E-state index contributed by atoms with van der Waals surface area (Å²) in [5.41, 5.74) is 0. The van der Waals surface area contributed by atoms with E-state index in [9.17, 15) is 22.8 Å². The molecule has 0 aliphatic carbocycles. The minimum absolute atomic E-state index is 0.164. The van der Waals surface area contributed by atoms with Crippen molar-refractivity contribution in [1.82, 2.24) is 15.1 Å². The summed E-state index contributed by atoms with van der Waals surface area (Å²) in [7, 11) is 0. The van der Waals surface area contributed by atoms with Gasteiger partial charge in [-0.25, -0.2) is 4.79 Å². The van der Waals surface area contributed by atoms with Crippen molar-refractivity contribution in [2.45, 2.75) is 6.18 Å². The van der Waals surface area contributed by atoms with Crippen LogP contribution in [-0.2, 0) is 9.53 Å². The van der Waals surface area contributed by atoms with Crippen LogP contribution in [-0.4, -0.2) is 73.9 Å². The van der Waals surface area contributed by atoms with E-state index < -0.39 is 18.9 Å². The van der Waals surface area contributed by atoms with E-state index in [0.29, 0.717) is 19.6 Å². The highest BCUT2D eigenvalue weighted by Crippen LogP contribution is 2.15. The fourth-order valence-electron chi connectivity index (χ4n) is 1.77. The zero-order valence-electron chi connectivity index (χ0n) is 11.5. The summed E-state index contributed by atoms with van der Waals surface area (Å²) >= 11 is 0. The Labute approximate surface area is 120 Å². The number of alkyl halides is 3. The molecule has 1 saturated heterocycles. The first-order valence-electron chi connectivity index (χ1n) is 6.40. The first kappa shape index (κ1) is 17.3. The Bertz CT molecular complexity index is 380. The van der Waals surface area contributed by atoms with Crippen molar-refractivity contribution in [3.63, 3.8) is 0 Å². The van der Waals surface area contributed by atoms with Gasteiger partial charge in [-0.1, -0.05) is 6.08 Å². The topological polar surface area (TPSA) is 61.9 Å². The fourth-order valence-corrected chi connectivity index (χ4v) is 1.77. The number of nitrogens with zero attached hydrogens (tertiary/aromatic N) is 2. The first-order valence-corrected chi connectivity index (χ1v) is 6.40. The van der Waals surface area contributed by atoms with Crippen molar-refractivity contribution >= 4 is 12.0 Å². The molecule has 6 nitrogen and oxygen atoms in total. The fraction of sp³-hybridized carbons (Fsp3) is 0.667. The third kappa shape index (κ3) is 6.98. The Morgan fingerprint density at radius 3 is 2.38 bits per heavy atom. The molecule has 0 aromatic rings. The number of hydrogen-bond donors (Lipinski definition) is 1. The van der Waals surface area contributed by atoms with Crippen LogP contribution in [0.5, 0.6) is 0 Å². The second-order valence-corrected chi connectivity index (χ2v) is 4.53. The van der Waals surface area contributed by atoms with Crippen molar-refractivity contribution < 1.29 is 27.5 Å². The molecule has 0 unspecified atom stereocenters. The van der Waals surface area contributed by atoms with E-state index in [-0.39, 0.29) is 25.5 Å².